The Labute approximate surface area is 99.8 Å². The molecule has 0 aromatic heterocycles. The van der Waals surface area contributed by atoms with Gasteiger partial charge in [-0.25, -0.2) is 0 Å². The molecule has 1 saturated carbocycles. The Hall–Kier alpha value is -0.520. The van der Waals surface area contributed by atoms with Crippen LogP contribution >= 0.6 is 0 Å². The summed E-state index contributed by atoms with van der Waals surface area (Å²) in [5.74, 6) is 2.96. The summed E-state index contributed by atoms with van der Waals surface area (Å²) in [5.41, 5.74) is 0.386. The third-order valence-electron chi connectivity index (χ3n) is 4.36. The van der Waals surface area contributed by atoms with E-state index in [1.165, 1.54) is 25.7 Å². The fourth-order valence-electron chi connectivity index (χ4n) is 3.29. The lowest BCUT2D eigenvalue weighted by Gasteiger charge is -2.47. The average molecular weight is 220 g/mol. The van der Waals surface area contributed by atoms with Crippen LogP contribution in [0.15, 0.2) is 0 Å². The third-order valence-corrected chi connectivity index (χ3v) is 4.36. The van der Waals surface area contributed by atoms with Gasteiger partial charge in [0.25, 0.3) is 0 Å². The van der Waals surface area contributed by atoms with Gasteiger partial charge < -0.3 is 5.32 Å². The van der Waals surface area contributed by atoms with Crippen LogP contribution in [0.5, 0.6) is 0 Å². The van der Waals surface area contributed by atoms with Crippen molar-refractivity contribution in [2.24, 2.45) is 0 Å². The number of terminal acetylenes is 1. The molecule has 0 bridgehead atoms. The average Bonchev–Trinajstić information content (AvgIpc) is 2.74. The second-order valence-electron chi connectivity index (χ2n) is 5.48. The highest BCUT2D eigenvalue weighted by Crippen LogP contribution is 2.33. The minimum absolute atomic E-state index is 0.328. The first-order chi connectivity index (χ1) is 7.71. The molecule has 1 saturated heterocycles. The van der Waals surface area contributed by atoms with E-state index in [9.17, 15) is 0 Å². The van der Waals surface area contributed by atoms with Gasteiger partial charge in [-0.1, -0.05) is 25.7 Å². The van der Waals surface area contributed by atoms with E-state index in [-0.39, 0.29) is 0 Å². The molecule has 90 valence electrons. The van der Waals surface area contributed by atoms with Crippen molar-refractivity contribution in [1.82, 2.24) is 10.2 Å². The van der Waals surface area contributed by atoms with E-state index >= 15 is 0 Å². The van der Waals surface area contributed by atoms with Crippen LogP contribution in [0, 0.1) is 12.3 Å². The monoisotopic (exact) mass is 220 g/mol. The summed E-state index contributed by atoms with van der Waals surface area (Å²) in [6.07, 6.45) is 12.1. The van der Waals surface area contributed by atoms with Crippen molar-refractivity contribution >= 4 is 0 Å². The zero-order valence-electron chi connectivity index (χ0n) is 10.6. The van der Waals surface area contributed by atoms with Crippen molar-refractivity contribution in [1.29, 1.82) is 0 Å². The molecule has 0 radical (unpaired) electrons. The van der Waals surface area contributed by atoms with Gasteiger partial charge in [-0.2, -0.15) is 0 Å². The summed E-state index contributed by atoms with van der Waals surface area (Å²) < 4.78 is 0. The van der Waals surface area contributed by atoms with Crippen LogP contribution in [0.2, 0.25) is 0 Å². The first-order valence-electron chi connectivity index (χ1n) is 6.68. The predicted molar refractivity (Wildman–Crippen MR) is 68.3 cm³/mol. The minimum Gasteiger partial charge on any atom is -0.308 e. The first-order valence-corrected chi connectivity index (χ1v) is 6.68. The molecule has 1 spiro atoms. The van der Waals surface area contributed by atoms with Crippen molar-refractivity contribution in [3.05, 3.63) is 0 Å². The Balaban J connectivity index is 2.08. The number of piperazine rings is 1. The van der Waals surface area contributed by atoms with Gasteiger partial charge in [-0.3, -0.25) is 4.90 Å². The third kappa shape index (κ3) is 2.12. The molecule has 2 nitrogen and oxygen atoms in total. The molecule has 2 fully saturated rings. The standard InChI is InChI=1S/C14H24N2/c1-4-13(5-2)16-11-14(8-6-7-9-14)15-10-12(16)3/h1,12-13,15H,5-11H2,2-3H3. The molecule has 0 aromatic carbocycles. The Bertz CT molecular complexity index is 273. The summed E-state index contributed by atoms with van der Waals surface area (Å²) in [6, 6.07) is 0.904. The molecule has 2 unspecified atom stereocenters. The second kappa shape index (κ2) is 4.77. The molecular formula is C14H24N2. The largest absolute Gasteiger partial charge is 0.308 e. The van der Waals surface area contributed by atoms with Gasteiger partial charge in [0.2, 0.25) is 0 Å². The van der Waals surface area contributed by atoms with E-state index in [0.29, 0.717) is 17.6 Å². The van der Waals surface area contributed by atoms with Crippen LogP contribution < -0.4 is 5.32 Å². The Morgan fingerprint density at radius 3 is 2.75 bits per heavy atom. The molecule has 2 atom stereocenters. The predicted octanol–water partition coefficient (Wildman–Crippen LogP) is 2.00. The van der Waals surface area contributed by atoms with Crippen molar-refractivity contribution in [3.63, 3.8) is 0 Å². The van der Waals surface area contributed by atoms with Gasteiger partial charge in [0, 0.05) is 24.7 Å². The van der Waals surface area contributed by atoms with Crippen molar-refractivity contribution in [2.45, 2.75) is 63.6 Å². The van der Waals surface area contributed by atoms with Crippen LogP contribution in [0.4, 0.5) is 0 Å². The summed E-state index contributed by atoms with van der Waals surface area (Å²) in [7, 11) is 0. The molecule has 2 aliphatic rings. The first kappa shape index (κ1) is 12.0. The van der Waals surface area contributed by atoms with E-state index in [0.717, 1.165) is 19.5 Å². The maximum atomic E-state index is 5.65. The van der Waals surface area contributed by atoms with Crippen molar-refractivity contribution < 1.29 is 0 Å². The van der Waals surface area contributed by atoms with Crippen LogP contribution in [0.3, 0.4) is 0 Å². The van der Waals surface area contributed by atoms with Crippen LogP contribution in [-0.4, -0.2) is 35.6 Å². The zero-order valence-corrected chi connectivity index (χ0v) is 10.6. The smallest absolute Gasteiger partial charge is 0.0712 e. The molecule has 1 N–H and O–H groups in total. The molecule has 2 rings (SSSR count). The van der Waals surface area contributed by atoms with E-state index in [1.807, 2.05) is 0 Å². The van der Waals surface area contributed by atoms with E-state index < -0.39 is 0 Å². The molecule has 16 heavy (non-hydrogen) atoms. The topological polar surface area (TPSA) is 15.3 Å². The van der Waals surface area contributed by atoms with Gasteiger partial charge >= 0.3 is 0 Å². The second-order valence-corrected chi connectivity index (χ2v) is 5.48. The fourth-order valence-corrected chi connectivity index (χ4v) is 3.29. The highest BCUT2D eigenvalue weighted by molar-refractivity contribution is 5.07. The SMILES string of the molecule is C#CC(CC)N1CC2(CCCC2)NCC1C. The number of nitrogens with one attached hydrogen (secondary N) is 1. The van der Waals surface area contributed by atoms with Crippen molar-refractivity contribution in [2.75, 3.05) is 13.1 Å². The maximum Gasteiger partial charge on any atom is 0.0712 e. The number of nitrogens with zero attached hydrogens (tertiary/aromatic N) is 1. The van der Waals surface area contributed by atoms with Gasteiger partial charge in [-0.15, -0.1) is 6.42 Å². The van der Waals surface area contributed by atoms with E-state index in [2.05, 4.69) is 30.0 Å². The van der Waals surface area contributed by atoms with Crippen molar-refractivity contribution in [3.8, 4) is 12.3 Å². The molecule has 1 aliphatic carbocycles. The van der Waals surface area contributed by atoms with Gasteiger partial charge in [-0.05, 0) is 26.2 Å². The van der Waals surface area contributed by atoms with Gasteiger partial charge in [0.1, 0.15) is 0 Å². The van der Waals surface area contributed by atoms with Crippen LogP contribution in [-0.2, 0) is 0 Å². The lowest BCUT2D eigenvalue weighted by molar-refractivity contribution is 0.0682. The summed E-state index contributed by atoms with van der Waals surface area (Å²) in [6.45, 7) is 6.73. The molecule has 0 amide bonds. The van der Waals surface area contributed by atoms with Crippen LogP contribution in [0.1, 0.15) is 46.0 Å². The van der Waals surface area contributed by atoms with Gasteiger partial charge in [0.15, 0.2) is 0 Å². The minimum atomic E-state index is 0.328. The summed E-state index contributed by atoms with van der Waals surface area (Å²) in [4.78, 5) is 2.54. The van der Waals surface area contributed by atoms with Crippen LogP contribution in [0.25, 0.3) is 0 Å². The lowest BCUT2D eigenvalue weighted by Crippen LogP contribution is -2.64. The Morgan fingerprint density at radius 1 is 1.50 bits per heavy atom. The number of rotatable bonds is 2. The van der Waals surface area contributed by atoms with E-state index in [4.69, 9.17) is 6.42 Å². The highest BCUT2D eigenvalue weighted by Gasteiger charge is 2.41. The highest BCUT2D eigenvalue weighted by atomic mass is 15.3. The molecule has 1 heterocycles. The maximum absolute atomic E-state index is 5.65. The molecule has 0 aromatic rings. The Morgan fingerprint density at radius 2 is 2.19 bits per heavy atom. The van der Waals surface area contributed by atoms with E-state index in [1.54, 1.807) is 0 Å². The summed E-state index contributed by atoms with van der Waals surface area (Å²) in [5, 5.41) is 3.77. The molecular weight excluding hydrogens is 196 g/mol. The fraction of sp³-hybridized carbons (Fsp3) is 0.857. The quantitative estimate of drug-likeness (QED) is 0.716. The number of hydrogen-bond acceptors (Lipinski definition) is 2. The van der Waals surface area contributed by atoms with Gasteiger partial charge in [0.05, 0.1) is 6.04 Å². The molecule has 1 aliphatic heterocycles. The zero-order chi connectivity index (χ0) is 11.6. The lowest BCUT2D eigenvalue weighted by atomic mass is 9.91. The summed E-state index contributed by atoms with van der Waals surface area (Å²) >= 11 is 0. The Kier molecular flexibility index (Phi) is 3.56. The molecule has 2 heteroatoms. The normalized spacial score (nSPS) is 31.4. The number of hydrogen-bond donors (Lipinski definition) is 1.